The Balaban J connectivity index is 1.44. The minimum absolute atomic E-state index is 0.0527. The van der Waals surface area contributed by atoms with Gasteiger partial charge in [-0.3, -0.25) is 19.3 Å². The van der Waals surface area contributed by atoms with Gasteiger partial charge in [0.1, 0.15) is 5.49 Å². The highest BCUT2D eigenvalue weighted by Crippen LogP contribution is 2.37. The molecule has 3 amide bonds. The van der Waals surface area contributed by atoms with Crippen molar-refractivity contribution in [1.82, 2.24) is 9.47 Å². The minimum atomic E-state index is -0.325. The quantitative estimate of drug-likeness (QED) is 0.736. The van der Waals surface area contributed by atoms with E-state index >= 15 is 0 Å². The molecule has 1 saturated carbocycles. The van der Waals surface area contributed by atoms with Gasteiger partial charge in [-0.05, 0) is 30.5 Å². The maximum Gasteiger partial charge on any atom is 0.249 e. The van der Waals surface area contributed by atoms with E-state index in [0.717, 1.165) is 31.2 Å². The Morgan fingerprint density at radius 1 is 0.931 bits per heavy atom. The fraction of sp³-hybridized carbons (Fsp3) is 0.391. The number of amides is 3. The third-order valence-electron chi connectivity index (χ3n) is 5.83. The number of hydrogen-bond donors (Lipinski definition) is 0. The van der Waals surface area contributed by atoms with Crippen LogP contribution in [0.3, 0.4) is 0 Å². The molecule has 150 valence electrons. The molecule has 6 nitrogen and oxygen atoms in total. The number of hydrogen-bond acceptors (Lipinski definition) is 3. The van der Waals surface area contributed by atoms with Crippen molar-refractivity contribution < 1.29 is 14.4 Å². The van der Waals surface area contributed by atoms with E-state index in [-0.39, 0.29) is 42.5 Å². The molecular formula is C23H25N3O3. The summed E-state index contributed by atoms with van der Waals surface area (Å²) < 4.78 is 1.91. The lowest BCUT2D eigenvalue weighted by Gasteiger charge is -2.19. The number of fused-ring (bicyclic) bond motifs is 1. The topological polar surface area (TPSA) is 71.7 Å². The van der Waals surface area contributed by atoms with Gasteiger partial charge in [-0.25, -0.2) is 0 Å². The Labute approximate surface area is 169 Å². The normalized spacial score (nSPS) is 22.1. The molecule has 2 heterocycles. The van der Waals surface area contributed by atoms with E-state index in [2.05, 4.69) is 4.99 Å². The maximum absolute atomic E-state index is 12.5. The first-order valence-corrected chi connectivity index (χ1v) is 10.3. The van der Waals surface area contributed by atoms with Gasteiger partial charge < -0.3 is 4.57 Å². The summed E-state index contributed by atoms with van der Waals surface area (Å²) in [4.78, 5) is 43.1. The van der Waals surface area contributed by atoms with Crippen LogP contribution in [-0.2, 0) is 20.9 Å². The average molecular weight is 391 g/mol. The second-order valence-electron chi connectivity index (χ2n) is 7.75. The molecule has 4 rings (SSSR count). The molecule has 1 aliphatic carbocycles. The predicted octanol–water partition coefficient (Wildman–Crippen LogP) is 2.53. The highest BCUT2D eigenvalue weighted by Gasteiger charge is 2.47. The lowest BCUT2D eigenvalue weighted by atomic mass is 9.81. The van der Waals surface area contributed by atoms with E-state index < -0.39 is 0 Å². The zero-order valence-corrected chi connectivity index (χ0v) is 16.4. The van der Waals surface area contributed by atoms with Crippen molar-refractivity contribution in [3.63, 3.8) is 0 Å². The van der Waals surface area contributed by atoms with Gasteiger partial charge in [0, 0.05) is 25.7 Å². The summed E-state index contributed by atoms with van der Waals surface area (Å²) in [5.41, 5.74) is 1.68. The molecule has 1 aromatic heterocycles. The molecule has 1 aliphatic heterocycles. The highest BCUT2D eigenvalue weighted by atomic mass is 16.2. The fourth-order valence-corrected chi connectivity index (χ4v) is 4.33. The molecule has 1 saturated heterocycles. The van der Waals surface area contributed by atoms with E-state index in [1.165, 1.54) is 4.90 Å². The first-order chi connectivity index (χ1) is 14.1. The van der Waals surface area contributed by atoms with Crippen LogP contribution in [0.4, 0.5) is 0 Å². The molecule has 0 radical (unpaired) electrons. The van der Waals surface area contributed by atoms with E-state index in [1.807, 2.05) is 53.2 Å². The van der Waals surface area contributed by atoms with Crippen molar-refractivity contribution in [3.8, 4) is 0 Å². The number of carbonyl (C=O) groups excluding carboxylic acids is 3. The third kappa shape index (κ3) is 4.21. The Kier molecular flexibility index (Phi) is 5.69. The summed E-state index contributed by atoms with van der Waals surface area (Å²) in [7, 11) is 0. The number of carbonyl (C=O) groups is 3. The van der Waals surface area contributed by atoms with Crippen molar-refractivity contribution in [1.29, 1.82) is 0 Å². The van der Waals surface area contributed by atoms with Crippen molar-refractivity contribution in [2.24, 2.45) is 16.8 Å². The summed E-state index contributed by atoms with van der Waals surface area (Å²) in [6.45, 7) is 0.735. The molecule has 2 atom stereocenters. The van der Waals surface area contributed by atoms with Gasteiger partial charge in [-0.15, -0.1) is 0 Å². The molecule has 2 fully saturated rings. The van der Waals surface area contributed by atoms with Crippen molar-refractivity contribution in [2.45, 2.75) is 38.6 Å². The van der Waals surface area contributed by atoms with Gasteiger partial charge in [0.05, 0.1) is 11.8 Å². The Morgan fingerprint density at radius 3 is 2.28 bits per heavy atom. The molecule has 6 heteroatoms. The van der Waals surface area contributed by atoms with Crippen molar-refractivity contribution in [3.05, 3.63) is 65.8 Å². The Hall–Kier alpha value is -3.02. The van der Waals surface area contributed by atoms with Crippen LogP contribution < -0.4 is 5.49 Å². The summed E-state index contributed by atoms with van der Waals surface area (Å²) in [6, 6.07) is 15.5. The molecule has 29 heavy (non-hydrogen) atoms. The molecule has 2 aliphatic rings. The molecular weight excluding hydrogens is 366 g/mol. The largest absolute Gasteiger partial charge is 0.329 e. The van der Waals surface area contributed by atoms with Crippen LogP contribution in [0.25, 0.3) is 0 Å². The first-order valence-electron chi connectivity index (χ1n) is 10.3. The molecule has 2 aromatic rings. The van der Waals surface area contributed by atoms with Gasteiger partial charge in [-0.1, -0.05) is 49.2 Å². The molecule has 0 N–H and O–H groups in total. The van der Waals surface area contributed by atoms with Gasteiger partial charge in [0.2, 0.25) is 17.7 Å². The number of pyridine rings is 1. The predicted molar refractivity (Wildman–Crippen MR) is 107 cm³/mol. The molecule has 2 unspecified atom stereocenters. The maximum atomic E-state index is 12.5. The Morgan fingerprint density at radius 2 is 1.59 bits per heavy atom. The molecule has 0 bridgehead atoms. The molecule has 0 spiro atoms. The average Bonchev–Trinajstić information content (AvgIpc) is 2.99. The summed E-state index contributed by atoms with van der Waals surface area (Å²) in [5, 5.41) is 0. The van der Waals surface area contributed by atoms with Gasteiger partial charge >= 0.3 is 0 Å². The van der Waals surface area contributed by atoms with Gasteiger partial charge in [0.15, 0.2) is 0 Å². The second kappa shape index (κ2) is 8.55. The SMILES string of the molecule is O=C(CCN1C(=O)C2CCCCC2C1=O)N=c1ccccn1Cc1ccccc1. The smallest absolute Gasteiger partial charge is 0.249 e. The second-order valence-corrected chi connectivity index (χ2v) is 7.75. The fourth-order valence-electron chi connectivity index (χ4n) is 4.33. The van der Waals surface area contributed by atoms with E-state index in [1.54, 1.807) is 6.07 Å². The Bertz CT molecular complexity index is 956. The number of aromatic nitrogens is 1. The van der Waals surface area contributed by atoms with Crippen LogP contribution >= 0.6 is 0 Å². The van der Waals surface area contributed by atoms with Crippen molar-refractivity contribution >= 4 is 17.7 Å². The van der Waals surface area contributed by atoms with Crippen molar-refractivity contribution in [2.75, 3.05) is 6.54 Å². The van der Waals surface area contributed by atoms with E-state index in [4.69, 9.17) is 0 Å². The summed E-state index contributed by atoms with van der Waals surface area (Å²) in [5.74, 6) is -0.887. The van der Waals surface area contributed by atoms with Crippen LogP contribution in [0.15, 0.2) is 59.7 Å². The monoisotopic (exact) mass is 391 g/mol. The number of benzene rings is 1. The highest BCUT2D eigenvalue weighted by molar-refractivity contribution is 6.05. The van der Waals surface area contributed by atoms with Crippen LogP contribution in [0.5, 0.6) is 0 Å². The number of likely N-dealkylation sites (tertiary alicyclic amines) is 1. The van der Waals surface area contributed by atoms with E-state index in [0.29, 0.717) is 12.0 Å². The number of rotatable bonds is 5. The standard InChI is InChI=1S/C23H25N3O3/c27-21(13-15-26-22(28)18-10-4-5-11-19(18)23(26)29)24-20-12-6-7-14-25(20)16-17-8-2-1-3-9-17/h1-3,6-9,12,14,18-19H,4-5,10-11,13,15-16H2. The van der Waals surface area contributed by atoms with Crippen LogP contribution in [0.2, 0.25) is 0 Å². The van der Waals surface area contributed by atoms with Crippen LogP contribution in [0.1, 0.15) is 37.7 Å². The summed E-state index contributed by atoms with van der Waals surface area (Å²) >= 11 is 0. The minimum Gasteiger partial charge on any atom is -0.329 e. The number of nitrogens with zero attached hydrogens (tertiary/aromatic N) is 3. The lowest BCUT2D eigenvalue weighted by Crippen LogP contribution is -2.33. The van der Waals surface area contributed by atoms with Crippen LogP contribution in [0, 0.1) is 11.8 Å². The zero-order chi connectivity index (χ0) is 20.2. The van der Waals surface area contributed by atoms with Crippen LogP contribution in [-0.4, -0.2) is 33.7 Å². The third-order valence-corrected chi connectivity index (χ3v) is 5.83. The zero-order valence-electron chi connectivity index (χ0n) is 16.4. The van der Waals surface area contributed by atoms with Gasteiger partial charge in [0.25, 0.3) is 0 Å². The number of imide groups is 1. The first kappa shape index (κ1) is 19.3. The molecule has 1 aromatic carbocycles. The van der Waals surface area contributed by atoms with E-state index in [9.17, 15) is 14.4 Å². The van der Waals surface area contributed by atoms with Gasteiger partial charge in [-0.2, -0.15) is 4.99 Å². The summed E-state index contributed by atoms with van der Waals surface area (Å²) in [6.07, 6.45) is 5.50. The lowest BCUT2D eigenvalue weighted by molar-refractivity contribution is -0.140.